The zero-order valence-electron chi connectivity index (χ0n) is 13.7. The molecule has 2 rings (SSSR count). The maximum atomic E-state index is 11.7. The van der Waals surface area contributed by atoms with Crippen molar-refractivity contribution < 1.29 is 19.4 Å². The van der Waals surface area contributed by atoms with Crippen molar-refractivity contribution in [2.75, 3.05) is 13.2 Å². The normalized spacial score (nSPS) is 10.6. The van der Waals surface area contributed by atoms with Crippen LogP contribution < -0.4 is 14.9 Å². The van der Waals surface area contributed by atoms with Gasteiger partial charge >= 0.3 is 0 Å². The monoisotopic (exact) mass is 328 g/mol. The number of phenols is 1. The summed E-state index contributed by atoms with van der Waals surface area (Å²) in [5, 5.41) is 13.5. The maximum Gasteiger partial charge on any atom is 0.277 e. The molecule has 1 amide bonds. The van der Waals surface area contributed by atoms with Crippen LogP contribution >= 0.6 is 0 Å². The smallest absolute Gasteiger partial charge is 0.277 e. The zero-order valence-corrected chi connectivity index (χ0v) is 13.7. The molecule has 0 aliphatic heterocycles. The van der Waals surface area contributed by atoms with Gasteiger partial charge in [-0.3, -0.25) is 4.79 Å². The number of aryl methyl sites for hydroxylation is 1. The van der Waals surface area contributed by atoms with E-state index in [1.54, 1.807) is 18.2 Å². The molecule has 0 aliphatic rings. The first-order chi connectivity index (χ1) is 11.6. The van der Waals surface area contributed by atoms with Crippen LogP contribution in [0.25, 0.3) is 0 Å². The molecular formula is C18H20N2O4. The molecular weight excluding hydrogens is 308 g/mol. The number of benzene rings is 2. The van der Waals surface area contributed by atoms with E-state index in [0.29, 0.717) is 23.7 Å². The van der Waals surface area contributed by atoms with Crippen molar-refractivity contribution in [3.63, 3.8) is 0 Å². The number of rotatable bonds is 7. The summed E-state index contributed by atoms with van der Waals surface area (Å²) in [7, 11) is 0. The van der Waals surface area contributed by atoms with Crippen molar-refractivity contribution >= 4 is 12.1 Å². The van der Waals surface area contributed by atoms with E-state index < -0.39 is 0 Å². The van der Waals surface area contributed by atoms with Crippen LogP contribution in [0, 0.1) is 6.92 Å². The van der Waals surface area contributed by atoms with E-state index in [0.717, 1.165) is 5.56 Å². The average Bonchev–Trinajstić information content (AvgIpc) is 2.56. The summed E-state index contributed by atoms with van der Waals surface area (Å²) in [6, 6.07) is 12.3. The lowest BCUT2D eigenvalue weighted by Gasteiger charge is -2.06. The Bertz CT molecular complexity index is 729. The van der Waals surface area contributed by atoms with E-state index >= 15 is 0 Å². The molecule has 6 nitrogen and oxygen atoms in total. The fourth-order valence-electron chi connectivity index (χ4n) is 1.95. The number of ether oxygens (including phenoxy) is 2. The highest BCUT2D eigenvalue weighted by atomic mass is 16.5. The van der Waals surface area contributed by atoms with Crippen LogP contribution in [0.5, 0.6) is 17.2 Å². The quantitative estimate of drug-likeness (QED) is 0.605. The Balaban J connectivity index is 1.85. The molecule has 2 aromatic carbocycles. The summed E-state index contributed by atoms with van der Waals surface area (Å²) in [5.74, 6) is 0.700. The van der Waals surface area contributed by atoms with Gasteiger partial charge in [-0.2, -0.15) is 5.10 Å². The molecule has 0 spiro atoms. The summed E-state index contributed by atoms with van der Waals surface area (Å²) >= 11 is 0. The van der Waals surface area contributed by atoms with Crippen molar-refractivity contribution in [2.24, 2.45) is 5.10 Å². The minimum Gasteiger partial charge on any atom is -0.504 e. The van der Waals surface area contributed by atoms with Gasteiger partial charge in [-0.15, -0.1) is 0 Å². The molecule has 0 saturated carbocycles. The second kappa shape index (κ2) is 8.57. The van der Waals surface area contributed by atoms with Gasteiger partial charge in [0, 0.05) is 0 Å². The SMILES string of the molecule is CCOc1cc(C=NNC(=O)COc2cccc(C)c2)ccc1O. The molecule has 0 radical (unpaired) electrons. The Morgan fingerprint density at radius 3 is 2.83 bits per heavy atom. The van der Waals surface area contributed by atoms with Gasteiger partial charge < -0.3 is 14.6 Å². The fraction of sp³-hybridized carbons (Fsp3) is 0.222. The number of carbonyl (C=O) groups excluding carboxylic acids is 1. The topological polar surface area (TPSA) is 80.2 Å². The number of nitrogens with zero attached hydrogens (tertiary/aromatic N) is 1. The third-order valence-corrected chi connectivity index (χ3v) is 3.05. The number of aromatic hydroxyl groups is 1. The molecule has 0 heterocycles. The van der Waals surface area contributed by atoms with Crippen LogP contribution in [0.15, 0.2) is 47.6 Å². The molecule has 0 saturated heterocycles. The Morgan fingerprint density at radius 1 is 1.25 bits per heavy atom. The number of nitrogens with one attached hydrogen (secondary N) is 1. The number of phenolic OH excluding ortho intramolecular Hbond substituents is 1. The van der Waals surface area contributed by atoms with Gasteiger partial charge in [0.05, 0.1) is 12.8 Å². The molecule has 0 fully saturated rings. The molecule has 0 bridgehead atoms. The van der Waals surface area contributed by atoms with Gasteiger partial charge in [0.1, 0.15) is 5.75 Å². The van der Waals surface area contributed by atoms with E-state index in [1.165, 1.54) is 12.3 Å². The molecule has 2 aromatic rings. The van der Waals surface area contributed by atoms with E-state index in [2.05, 4.69) is 10.5 Å². The van der Waals surface area contributed by atoms with Crippen LogP contribution in [0.1, 0.15) is 18.1 Å². The minimum atomic E-state index is -0.364. The predicted octanol–water partition coefficient (Wildman–Crippen LogP) is 2.63. The lowest BCUT2D eigenvalue weighted by Crippen LogP contribution is -2.24. The number of hydrogen-bond acceptors (Lipinski definition) is 5. The standard InChI is InChI=1S/C18H20N2O4/c1-3-23-17-10-14(7-8-16(17)21)11-19-20-18(22)12-24-15-6-4-5-13(2)9-15/h4-11,21H,3,12H2,1-2H3,(H,20,22). The molecule has 0 aliphatic carbocycles. The molecule has 24 heavy (non-hydrogen) atoms. The average molecular weight is 328 g/mol. The molecule has 0 atom stereocenters. The van der Waals surface area contributed by atoms with Crippen LogP contribution in [0.2, 0.25) is 0 Å². The van der Waals surface area contributed by atoms with Crippen molar-refractivity contribution in [1.29, 1.82) is 0 Å². The molecule has 2 N–H and O–H groups in total. The first kappa shape index (κ1) is 17.3. The van der Waals surface area contributed by atoms with E-state index in [-0.39, 0.29) is 18.3 Å². The van der Waals surface area contributed by atoms with Crippen LogP contribution in [0.3, 0.4) is 0 Å². The van der Waals surface area contributed by atoms with Crippen LogP contribution in [-0.2, 0) is 4.79 Å². The maximum absolute atomic E-state index is 11.7. The lowest BCUT2D eigenvalue weighted by atomic mass is 10.2. The number of carbonyl (C=O) groups is 1. The fourth-order valence-corrected chi connectivity index (χ4v) is 1.95. The summed E-state index contributed by atoms with van der Waals surface area (Å²) in [6.07, 6.45) is 1.46. The largest absolute Gasteiger partial charge is 0.504 e. The van der Waals surface area contributed by atoms with Crippen molar-refractivity contribution in [1.82, 2.24) is 5.43 Å². The Labute approximate surface area is 140 Å². The molecule has 6 heteroatoms. The molecule has 0 aromatic heterocycles. The highest BCUT2D eigenvalue weighted by Gasteiger charge is 2.03. The number of hydrogen-bond donors (Lipinski definition) is 2. The van der Waals surface area contributed by atoms with Gasteiger partial charge in [0.2, 0.25) is 0 Å². The third-order valence-electron chi connectivity index (χ3n) is 3.05. The first-order valence-electron chi connectivity index (χ1n) is 7.55. The highest BCUT2D eigenvalue weighted by molar-refractivity contribution is 5.83. The van der Waals surface area contributed by atoms with Gasteiger partial charge in [-0.05, 0) is 55.3 Å². The van der Waals surface area contributed by atoms with Gasteiger partial charge in [-0.25, -0.2) is 5.43 Å². The van der Waals surface area contributed by atoms with E-state index in [9.17, 15) is 9.90 Å². The predicted molar refractivity (Wildman–Crippen MR) is 91.7 cm³/mol. The Morgan fingerprint density at radius 2 is 2.08 bits per heavy atom. The van der Waals surface area contributed by atoms with Gasteiger partial charge in [0.15, 0.2) is 18.1 Å². The zero-order chi connectivity index (χ0) is 17.4. The van der Waals surface area contributed by atoms with Crippen molar-refractivity contribution in [3.8, 4) is 17.2 Å². The van der Waals surface area contributed by atoms with Crippen LogP contribution in [-0.4, -0.2) is 30.4 Å². The summed E-state index contributed by atoms with van der Waals surface area (Å²) in [6.45, 7) is 4.10. The summed E-state index contributed by atoms with van der Waals surface area (Å²) < 4.78 is 10.7. The lowest BCUT2D eigenvalue weighted by molar-refractivity contribution is -0.123. The number of amides is 1. The van der Waals surface area contributed by atoms with Gasteiger partial charge in [0.25, 0.3) is 5.91 Å². The summed E-state index contributed by atoms with van der Waals surface area (Å²) in [5.41, 5.74) is 4.13. The second-order valence-electron chi connectivity index (χ2n) is 5.06. The second-order valence-corrected chi connectivity index (χ2v) is 5.06. The van der Waals surface area contributed by atoms with E-state index in [1.807, 2.05) is 32.0 Å². The minimum absolute atomic E-state index is 0.0598. The third kappa shape index (κ3) is 5.31. The molecule has 0 unspecified atom stereocenters. The van der Waals surface area contributed by atoms with E-state index in [4.69, 9.17) is 9.47 Å². The highest BCUT2D eigenvalue weighted by Crippen LogP contribution is 2.26. The Hall–Kier alpha value is -3.02. The van der Waals surface area contributed by atoms with Crippen molar-refractivity contribution in [3.05, 3.63) is 53.6 Å². The number of hydrazone groups is 1. The molecule has 126 valence electrons. The first-order valence-corrected chi connectivity index (χ1v) is 7.55. The summed E-state index contributed by atoms with van der Waals surface area (Å²) in [4.78, 5) is 11.7. The Kier molecular flexibility index (Phi) is 6.19. The van der Waals surface area contributed by atoms with Gasteiger partial charge in [-0.1, -0.05) is 12.1 Å². The van der Waals surface area contributed by atoms with Crippen molar-refractivity contribution in [2.45, 2.75) is 13.8 Å². The van der Waals surface area contributed by atoms with Crippen LogP contribution in [0.4, 0.5) is 0 Å².